The number of halogens is 2. The third-order valence-electron chi connectivity index (χ3n) is 2.72. The van der Waals surface area contributed by atoms with Gasteiger partial charge in [0.25, 0.3) is 0 Å². The highest BCUT2D eigenvalue weighted by Gasteiger charge is 2.37. The zero-order valence-corrected chi connectivity index (χ0v) is 12.1. The molecule has 0 aromatic heterocycles. The normalized spacial score (nSPS) is 24.9. The molecule has 2 amide bonds. The van der Waals surface area contributed by atoms with Gasteiger partial charge >= 0.3 is 6.03 Å². The van der Waals surface area contributed by atoms with Gasteiger partial charge in [0.15, 0.2) is 9.84 Å². The van der Waals surface area contributed by atoms with Gasteiger partial charge in [-0.2, -0.15) is 0 Å². The van der Waals surface area contributed by atoms with Crippen molar-refractivity contribution in [2.24, 2.45) is 0 Å². The number of benzene rings is 1. The molecule has 1 heterocycles. The van der Waals surface area contributed by atoms with Crippen molar-refractivity contribution in [2.75, 3.05) is 16.8 Å². The van der Waals surface area contributed by atoms with Crippen LogP contribution in [0.2, 0.25) is 5.02 Å². The summed E-state index contributed by atoms with van der Waals surface area (Å²) >= 11 is 11.8. The minimum atomic E-state index is -3.17. The Morgan fingerprint density at radius 1 is 1.26 bits per heavy atom. The van der Waals surface area contributed by atoms with Crippen molar-refractivity contribution >= 4 is 44.8 Å². The molecule has 0 bridgehead atoms. The number of sulfone groups is 1. The molecule has 0 aliphatic carbocycles. The number of para-hydroxylation sites is 1. The third kappa shape index (κ3) is 3.75. The number of hydrogen-bond acceptors (Lipinski definition) is 3. The zero-order valence-electron chi connectivity index (χ0n) is 9.77. The quantitative estimate of drug-likeness (QED) is 0.816. The minimum absolute atomic E-state index is 0.119. The van der Waals surface area contributed by atoms with Crippen LogP contribution in [0.3, 0.4) is 0 Å². The number of rotatable bonds is 2. The van der Waals surface area contributed by atoms with E-state index in [2.05, 4.69) is 10.6 Å². The van der Waals surface area contributed by atoms with Crippen LogP contribution in [0.15, 0.2) is 24.3 Å². The lowest BCUT2D eigenvalue weighted by molar-refractivity contribution is 0.249. The molecule has 2 N–H and O–H groups in total. The Morgan fingerprint density at radius 3 is 2.53 bits per heavy atom. The molecule has 19 heavy (non-hydrogen) atoms. The maximum atomic E-state index is 11.7. The van der Waals surface area contributed by atoms with Gasteiger partial charge in [-0.1, -0.05) is 23.7 Å². The number of carbonyl (C=O) groups excluding carboxylic acids is 1. The van der Waals surface area contributed by atoms with Crippen molar-refractivity contribution < 1.29 is 13.2 Å². The fourth-order valence-corrected chi connectivity index (χ4v) is 4.56. The molecule has 1 fully saturated rings. The zero-order chi connectivity index (χ0) is 14.0. The van der Waals surface area contributed by atoms with Crippen LogP contribution in [-0.2, 0) is 9.84 Å². The van der Waals surface area contributed by atoms with E-state index in [1.807, 2.05) is 0 Å². The summed E-state index contributed by atoms with van der Waals surface area (Å²) in [6.07, 6.45) is 0. The third-order valence-corrected chi connectivity index (χ3v) is 5.43. The van der Waals surface area contributed by atoms with E-state index >= 15 is 0 Å². The van der Waals surface area contributed by atoms with Gasteiger partial charge in [-0.25, -0.2) is 13.2 Å². The molecule has 1 aliphatic rings. The fraction of sp³-hybridized carbons (Fsp3) is 0.364. The van der Waals surface area contributed by atoms with Crippen molar-refractivity contribution in [3.63, 3.8) is 0 Å². The monoisotopic (exact) mass is 322 g/mol. The Labute approximate surface area is 121 Å². The molecule has 2 atom stereocenters. The van der Waals surface area contributed by atoms with Crippen molar-refractivity contribution in [1.29, 1.82) is 0 Å². The Morgan fingerprint density at radius 2 is 1.95 bits per heavy atom. The average Bonchev–Trinajstić information content (AvgIpc) is 2.55. The number of nitrogens with one attached hydrogen (secondary N) is 2. The van der Waals surface area contributed by atoms with Gasteiger partial charge in [0.05, 0.1) is 33.6 Å². The SMILES string of the molecule is O=C(Nc1ccccc1Cl)N[C@H]1CS(=O)(=O)C[C@H]1Cl. The first-order valence-corrected chi connectivity index (χ1v) is 8.17. The molecule has 1 aliphatic heterocycles. The second-order valence-electron chi connectivity index (χ2n) is 4.28. The molecule has 0 unspecified atom stereocenters. The van der Waals surface area contributed by atoms with Crippen LogP contribution < -0.4 is 10.6 Å². The molecule has 2 rings (SSSR count). The number of hydrogen-bond donors (Lipinski definition) is 2. The van der Waals surface area contributed by atoms with Gasteiger partial charge in [-0.3, -0.25) is 0 Å². The highest BCUT2D eigenvalue weighted by molar-refractivity contribution is 7.91. The topological polar surface area (TPSA) is 75.3 Å². The summed E-state index contributed by atoms with van der Waals surface area (Å²) in [5.41, 5.74) is 0.452. The lowest BCUT2D eigenvalue weighted by Gasteiger charge is -2.15. The first-order chi connectivity index (χ1) is 8.87. The minimum Gasteiger partial charge on any atom is -0.333 e. The van der Waals surface area contributed by atoms with Gasteiger partial charge < -0.3 is 10.6 Å². The van der Waals surface area contributed by atoms with Crippen molar-refractivity contribution in [3.05, 3.63) is 29.3 Å². The van der Waals surface area contributed by atoms with Gasteiger partial charge in [-0.05, 0) is 12.1 Å². The van der Waals surface area contributed by atoms with Crippen LogP contribution in [0.5, 0.6) is 0 Å². The van der Waals surface area contributed by atoms with E-state index in [1.165, 1.54) is 0 Å². The number of amides is 2. The van der Waals surface area contributed by atoms with E-state index in [4.69, 9.17) is 23.2 Å². The molecule has 1 saturated heterocycles. The van der Waals surface area contributed by atoms with Crippen molar-refractivity contribution in [3.8, 4) is 0 Å². The van der Waals surface area contributed by atoms with Crippen LogP contribution >= 0.6 is 23.2 Å². The predicted molar refractivity (Wildman–Crippen MR) is 75.7 cm³/mol. The van der Waals surface area contributed by atoms with E-state index in [0.29, 0.717) is 10.7 Å². The maximum absolute atomic E-state index is 11.7. The van der Waals surface area contributed by atoms with Crippen LogP contribution in [-0.4, -0.2) is 37.4 Å². The molecule has 5 nitrogen and oxygen atoms in total. The summed E-state index contributed by atoms with van der Waals surface area (Å²) in [5.74, 6) is -0.261. The molecule has 104 valence electrons. The van der Waals surface area contributed by atoms with E-state index in [0.717, 1.165) is 0 Å². The lowest BCUT2D eigenvalue weighted by atomic mass is 10.2. The van der Waals surface area contributed by atoms with E-state index in [-0.39, 0.29) is 11.5 Å². The molecule has 0 spiro atoms. The largest absolute Gasteiger partial charge is 0.333 e. The van der Waals surface area contributed by atoms with Crippen LogP contribution in [0, 0.1) is 0 Å². The number of carbonyl (C=O) groups is 1. The fourth-order valence-electron chi connectivity index (χ4n) is 1.83. The molecule has 0 saturated carbocycles. The summed E-state index contributed by atoms with van der Waals surface area (Å²) < 4.78 is 22.7. The Balaban J connectivity index is 1.98. The average molecular weight is 323 g/mol. The van der Waals surface area contributed by atoms with Crippen molar-refractivity contribution in [1.82, 2.24) is 5.32 Å². The molecule has 1 aromatic carbocycles. The van der Waals surface area contributed by atoms with Crippen LogP contribution in [0.4, 0.5) is 10.5 Å². The number of alkyl halides is 1. The van der Waals surface area contributed by atoms with Gasteiger partial charge in [0.2, 0.25) is 0 Å². The standard InChI is InChI=1S/C11H12Cl2N2O3S/c12-7-3-1-2-4-9(7)14-11(16)15-10-6-19(17,18)5-8(10)13/h1-4,8,10H,5-6H2,(H2,14,15,16)/t8-,10+/m1/s1. The van der Waals surface area contributed by atoms with Crippen LogP contribution in [0.1, 0.15) is 0 Å². The molecular formula is C11H12Cl2N2O3S. The summed E-state index contributed by atoms with van der Waals surface area (Å²) in [4.78, 5) is 11.7. The van der Waals surface area contributed by atoms with E-state index in [9.17, 15) is 13.2 Å². The highest BCUT2D eigenvalue weighted by atomic mass is 35.5. The number of anilines is 1. The van der Waals surface area contributed by atoms with Crippen molar-refractivity contribution in [2.45, 2.75) is 11.4 Å². The first-order valence-electron chi connectivity index (χ1n) is 5.54. The smallest absolute Gasteiger partial charge is 0.319 e. The predicted octanol–water partition coefficient (Wildman–Crippen LogP) is 1.87. The summed E-state index contributed by atoms with van der Waals surface area (Å²) in [5, 5.41) is 4.88. The lowest BCUT2D eigenvalue weighted by Crippen LogP contribution is -2.42. The van der Waals surface area contributed by atoms with Gasteiger partial charge in [0, 0.05) is 0 Å². The number of urea groups is 1. The van der Waals surface area contributed by atoms with E-state index in [1.54, 1.807) is 24.3 Å². The molecule has 1 aromatic rings. The van der Waals surface area contributed by atoms with Gasteiger partial charge in [-0.15, -0.1) is 11.6 Å². The maximum Gasteiger partial charge on any atom is 0.319 e. The van der Waals surface area contributed by atoms with Crippen LogP contribution in [0.25, 0.3) is 0 Å². The second kappa shape index (κ2) is 5.56. The summed E-state index contributed by atoms with van der Waals surface area (Å²) in [6.45, 7) is 0. The summed E-state index contributed by atoms with van der Waals surface area (Å²) in [6, 6.07) is 5.64. The highest BCUT2D eigenvalue weighted by Crippen LogP contribution is 2.21. The Hall–Kier alpha value is -0.980. The summed E-state index contributed by atoms with van der Waals surface area (Å²) in [7, 11) is -3.17. The second-order valence-corrected chi connectivity index (χ2v) is 7.40. The Kier molecular flexibility index (Phi) is 4.23. The molecule has 0 radical (unpaired) electrons. The van der Waals surface area contributed by atoms with Gasteiger partial charge in [0.1, 0.15) is 0 Å². The molecule has 8 heteroatoms. The van der Waals surface area contributed by atoms with E-state index < -0.39 is 27.3 Å². The molecular weight excluding hydrogens is 311 g/mol. The Bertz CT molecular complexity index is 591. The first kappa shape index (κ1) is 14.4.